The van der Waals surface area contributed by atoms with Gasteiger partial charge in [0, 0.05) is 10.9 Å². The summed E-state index contributed by atoms with van der Waals surface area (Å²) in [6.45, 7) is 1.74. The van der Waals surface area contributed by atoms with Crippen LogP contribution in [0, 0.1) is 11.8 Å². The maximum absolute atomic E-state index is 9.81. The number of aromatic nitrogens is 2. The molecule has 0 aliphatic carbocycles. The number of fused-ring (bicyclic) bond motifs is 1. The molecule has 8 nitrogen and oxygen atoms in total. The van der Waals surface area contributed by atoms with Gasteiger partial charge in [-0.05, 0) is 31.2 Å². The van der Waals surface area contributed by atoms with E-state index < -0.39 is 0 Å². The van der Waals surface area contributed by atoms with E-state index in [0.29, 0.717) is 45.3 Å². The summed E-state index contributed by atoms with van der Waals surface area (Å²) in [6, 6.07) is 7.01. The molecule has 3 aromatic rings. The Balaban J connectivity index is 2.23. The molecule has 0 amide bonds. The molecule has 2 N–H and O–H groups in total. The molecule has 2 aromatic carbocycles. The van der Waals surface area contributed by atoms with Crippen LogP contribution in [-0.2, 0) is 0 Å². The van der Waals surface area contributed by atoms with Crippen molar-refractivity contribution in [3.63, 3.8) is 0 Å². The standard InChI is InChI=1S/C21H21N3O5/c1-6-7-13-15(26-2)9-8-14-19(13)22-23-20(14)18(24-25)12-10-16(27-3)21(29-5)17(11-12)28-4/h8-11,25H,1-5H3,(H,22,23)/b24-18-. The van der Waals surface area contributed by atoms with Crippen molar-refractivity contribution < 1.29 is 24.2 Å². The highest BCUT2D eigenvalue weighted by Gasteiger charge is 2.22. The van der Waals surface area contributed by atoms with E-state index in [2.05, 4.69) is 27.2 Å². The first-order valence-electron chi connectivity index (χ1n) is 8.64. The highest BCUT2D eigenvalue weighted by molar-refractivity contribution is 6.18. The Kier molecular flexibility index (Phi) is 5.79. The summed E-state index contributed by atoms with van der Waals surface area (Å²) in [5.74, 6) is 7.81. The molecule has 0 aliphatic rings. The van der Waals surface area contributed by atoms with Crippen LogP contribution in [-0.4, -0.2) is 49.6 Å². The van der Waals surface area contributed by atoms with E-state index in [1.54, 1.807) is 32.2 Å². The Morgan fingerprint density at radius 2 is 1.66 bits per heavy atom. The van der Waals surface area contributed by atoms with E-state index >= 15 is 0 Å². The first kappa shape index (κ1) is 19.9. The van der Waals surface area contributed by atoms with Gasteiger partial charge in [-0.1, -0.05) is 11.1 Å². The predicted molar refractivity (Wildman–Crippen MR) is 109 cm³/mol. The number of oxime groups is 1. The highest BCUT2D eigenvalue weighted by atomic mass is 16.5. The van der Waals surface area contributed by atoms with Crippen molar-refractivity contribution in [3.05, 3.63) is 41.1 Å². The second-order valence-electron chi connectivity index (χ2n) is 5.88. The number of H-pyrrole nitrogens is 1. The minimum absolute atomic E-state index is 0.257. The molecule has 0 aliphatic heterocycles. The SMILES string of the molecule is CC#Cc1c(OC)ccc2c(/C(=N\O)c3cc(OC)c(OC)c(OC)c3)[nH]nc12. The zero-order chi connectivity index (χ0) is 21.0. The molecule has 1 heterocycles. The van der Waals surface area contributed by atoms with Crippen molar-refractivity contribution in [2.45, 2.75) is 6.92 Å². The monoisotopic (exact) mass is 395 g/mol. The van der Waals surface area contributed by atoms with Crippen LogP contribution in [0.15, 0.2) is 29.4 Å². The molecule has 0 fully saturated rings. The van der Waals surface area contributed by atoms with Crippen LogP contribution in [0.4, 0.5) is 0 Å². The van der Waals surface area contributed by atoms with Gasteiger partial charge in [0.25, 0.3) is 0 Å². The molecular formula is C21H21N3O5. The zero-order valence-electron chi connectivity index (χ0n) is 16.8. The molecule has 0 unspecified atom stereocenters. The van der Waals surface area contributed by atoms with Gasteiger partial charge in [-0.15, -0.1) is 5.92 Å². The minimum atomic E-state index is 0.257. The second-order valence-corrected chi connectivity index (χ2v) is 5.88. The van der Waals surface area contributed by atoms with Crippen LogP contribution in [0.1, 0.15) is 23.7 Å². The lowest BCUT2D eigenvalue weighted by molar-refractivity contribution is 0.318. The molecule has 3 rings (SSSR count). The molecule has 0 bridgehead atoms. The number of nitrogens with one attached hydrogen (secondary N) is 1. The maximum atomic E-state index is 9.81. The van der Waals surface area contributed by atoms with Gasteiger partial charge in [-0.25, -0.2) is 0 Å². The molecule has 0 saturated heterocycles. The Morgan fingerprint density at radius 1 is 1.00 bits per heavy atom. The van der Waals surface area contributed by atoms with E-state index in [9.17, 15) is 5.21 Å². The summed E-state index contributed by atoms with van der Waals surface area (Å²) < 4.78 is 21.5. The number of methoxy groups -OCH3 is 4. The van der Waals surface area contributed by atoms with Crippen LogP contribution in [0.2, 0.25) is 0 Å². The van der Waals surface area contributed by atoms with Crippen molar-refractivity contribution in [1.82, 2.24) is 10.2 Å². The fourth-order valence-corrected chi connectivity index (χ4v) is 3.13. The summed E-state index contributed by atoms with van der Waals surface area (Å²) >= 11 is 0. The van der Waals surface area contributed by atoms with E-state index in [0.717, 1.165) is 5.39 Å². The average Bonchev–Trinajstić information content (AvgIpc) is 3.18. The molecule has 29 heavy (non-hydrogen) atoms. The van der Waals surface area contributed by atoms with Crippen molar-refractivity contribution in [2.75, 3.05) is 28.4 Å². The normalized spacial score (nSPS) is 11.0. The number of ether oxygens (including phenoxy) is 4. The maximum Gasteiger partial charge on any atom is 0.203 e. The van der Waals surface area contributed by atoms with Crippen molar-refractivity contribution in [3.8, 4) is 34.8 Å². The number of rotatable bonds is 6. The van der Waals surface area contributed by atoms with Crippen LogP contribution in [0.5, 0.6) is 23.0 Å². The van der Waals surface area contributed by atoms with Crippen molar-refractivity contribution in [2.24, 2.45) is 5.16 Å². The predicted octanol–water partition coefficient (Wildman–Crippen LogP) is 3.20. The fourth-order valence-electron chi connectivity index (χ4n) is 3.13. The topological polar surface area (TPSA) is 98.2 Å². The number of hydrogen-bond donors (Lipinski definition) is 2. The van der Waals surface area contributed by atoms with E-state index in [4.69, 9.17) is 18.9 Å². The Hall–Kier alpha value is -3.86. The molecule has 0 saturated carbocycles. The molecule has 8 heteroatoms. The number of benzene rings is 2. The second kappa shape index (κ2) is 8.44. The summed E-state index contributed by atoms with van der Waals surface area (Å²) in [5, 5.41) is 21.4. The smallest absolute Gasteiger partial charge is 0.203 e. The van der Waals surface area contributed by atoms with Gasteiger partial charge >= 0.3 is 0 Å². The first-order valence-corrected chi connectivity index (χ1v) is 8.64. The molecule has 0 spiro atoms. The summed E-state index contributed by atoms with van der Waals surface area (Å²) in [6.07, 6.45) is 0. The minimum Gasteiger partial charge on any atom is -0.495 e. The molecular weight excluding hydrogens is 374 g/mol. The molecule has 1 aromatic heterocycles. The third-order valence-corrected chi connectivity index (χ3v) is 4.43. The van der Waals surface area contributed by atoms with Gasteiger partial charge in [0.1, 0.15) is 17.0 Å². The van der Waals surface area contributed by atoms with E-state index in [1.807, 2.05) is 6.07 Å². The average molecular weight is 395 g/mol. The van der Waals surface area contributed by atoms with Gasteiger partial charge in [-0.2, -0.15) is 5.10 Å². The van der Waals surface area contributed by atoms with Crippen LogP contribution >= 0.6 is 0 Å². The van der Waals surface area contributed by atoms with Gasteiger partial charge in [-0.3, -0.25) is 5.10 Å². The third-order valence-electron chi connectivity index (χ3n) is 4.43. The van der Waals surface area contributed by atoms with E-state index in [-0.39, 0.29) is 5.71 Å². The van der Waals surface area contributed by atoms with Crippen LogP contribution in [0.3, 0.4) is 0 Å². The first-order chi connectivity index (χ1) is 14.1. The largest absolute Gasteiger partial charge is 0.495 e. The number of nitrogens with zero attached hydrogens (tertiary/aromatic N) is 2. The van der Waals surface area contributed by atoms with Gasteiger partial charge in [0.15, 0.2) is 11.5 Å². The molecule has 0 atom stereocenters. The molecule has 150 valence electrons. The molecule has 0 radical (unpaired) electrons. The highest BCUT2D eigenvalue weighted by Crippen LogP contribution is 2.39. The fraction of sp³-hybridized carbons (Fsp3) is 0.238. The van der Waals surface area contributed by atoms with Gasteiger partial charge in [0.05, 0.1) is 39.7 Å². The van der Waals surface area contributed by atoms with E-state index in [1.165, 1.54) is 21.3 Å². The van der Waals surface area contributed by atoms with Gasteiger partial charge < -0.3 is 24.2 Å². The Bertz CT molecular complexity index is 1110. The Morgan fingerprint density at radius 3 is 2.17 bits per heavy atom. The van der Waals surface area contributed by atoms with Crippen LogP contribution in [0.25, 0.3) is 10.9 Å². The van der Waals surface area contributed by atoms with Crippen molar-refractivity contribution in [1.29, 1.82) is 0 Å². The summed E-state index contributed by atoms with van der Waals surface area (Å²) in [7, 11) is 6.13. The Labute approximate surface area is 168 Å². The van der Waals surface area contributed by atoms with Crippen molar-refractivity contribution >= 4 is 16.6 Å². The lowest BCUT2D eigenvalue weighted by Gasteiger charge is -2.14. The quantitative estimate of drug-likeness (QED) is 0.288. The van der Waals surface area contributed by atoms with Gasteiger partial charge in [0.2, 0.25) is 5.75 Å². The summed E-state index contributed by atoms with van der Waals surface area (Å²) in [5.41, 5.74) is 2.58. The summed E-state index contributed by atoms with van der Waals surface area (Å²) in [4.78, 5) is 0. The number of aromatic amines is 1. The third kappa shape index (κ3) is 3.38. The lowest BCUT2D eigenvalue weighted by Crippen LogP contribution is -2.07. The van der Waals surface area contributed by atoms with Crippen LogP contribution < -0.4 is 18.9 Å². The number of hydrogen-bond acceptors (Lipinski definition) is 7. The zero-order valence-corrected chi connectivity index (χ0v) is 16.8. The lowest BCUT2D eigenvalue weighted by atomic mass is 10.0.